The number of aromatic nitrogens is 3. The number of fused-ring (bicyclic) bond motifs is 1. The Morgan fingerprint density at radius 3 is 3.08 bits per heavy atom. The fraction of sp³-hybridized carbons (Fsp3) is 0.353. The highest BCUT2D eigenvalue weighted by Gasteiger charge is 2.22. The number of hydrogen-bond acceptors (Lipinski definition) is 6. The molecular weight excluding hydrogens is 327 g/mol. The van der Waals surface area contributed by atoms with E-state index in [1.807, 2.05) is 6.07 Å². The second-order valence-corrected chi connectivity index (χ2v) is 6.68. The van der Waals surface area contributed by atoms with Crippen molar-refractivity contribution < 1.29 is 9.13 Å². The summed E-state index contributed by atoms with van der Waals surface area (Å²) in [5.41, 5.74) is 3.46. The van der Waals surface area contributed by atoms with Gasteiger partial charge in [-0.2, -0.15) is 0 Å². The minimum absolute atomic E-state index is 0.169. The van der Waals surface area contributed by atoms with E-state index >= 15 is 0 Å². The summed E-state index contributed by atoms with van der Waals surface area (Å²) in [5, 5.41) is 0. The molecule has 1 atom stereocenters. The summed E-state index contributed by atoms with van der Waals surface area (Å²) < 4.78 is 19.3. The fourth-order valence-corrected chi connectivity index (χ4v) is 3.65. The first-order chi connectivity index (χ1) is 11.8. The second kappa shape index (κ2) is 6.78. The summed E-state index contributed by atoms with van der Waals surface area (Å²) in [5.74, 6) is 0.548. The highest BCUT2D eigenvalue weighted by Crippen LogP contribution is 2.27. The highest BCUT2D eigenvalue weighted by molar-refractivity contribution is 7.16. The van der Waals surface area contributed by atoms with Gasteiger partial charge in [0.1, 0.15) is 22.5 Å². The van der Waals surface area contributed by atoms with Gasteiger partial charge in [-0.15, -0.1) is 11.3 Å². The van der Waals surface area contributed by atoms with Crippen LogP contribution in [0.15, 0.2) is 36.1 Å². The second-order valence-electron chi connectivity index (χ2n) is 5.85. The molecule has 5 nitrogen and oxygen atoms in total. The van der Waals surface area contributed by atoms with Gasteiger partial charge in [-0.25, -0.2) is 19.3 Å². The maximum Gasteiger partial charge on any atom is 0.159 e. The van der Waals surface area contributed by atoms with Crippen LogP contribution < -0.4 is 4.90 Å². The number of rotatable bonds is 5. The van der Waals surface area contributed by atoms with Gasteiger partial charge in [-0.3, -0.25) is 0 Å². The Balaban J connectivity index is 1.68. The average Bonchev–Trinajstić information content (AvgIpc) is 3.25. The van der Waals surface area contributed by atoms with Crippen LogP contribution in [0.1, 0.15) is 18.4 Å². The molecule has 0 aliphatic carbocycles. The maximum atomic E-state index is 13.5. The molecule has 0 N–H and O–H groups in total. The van der Waals surface area contributed by atoms with Crippen LogP contribution in [-0.4, -0.2) is 34.2 Å². The van der Waals surface area contributed by atoms with E-state index in [4.69, 9.17) is 4.74 Å². The molecule has 2 aromatic heterocycles. The molecule has 1 aliphatic rings. The van der Waals surface area contributed by atoms with Gasteiger partial charge in [0.15, 0.2) is 5.82 Å². The molecule has 1 unspecified atom stereocenters. The Bertz CT molecular complexity index is 834. The van der Waals surface area contributed by atoms with Crippen LogP contribution >= 0.6 is 11.3 Å². The molecule has 1 saturated heterocycles. The molecule has 1 aromatic carbocycles. The summed E-state index contributed by atoms with van der Waals surface area (Å²) in [6.45, 7) is 2.07. The Labute approximate surface area is 143 Å². The lowest BCUT2D eigenvalue weighted by Gasteiger charge is -2.26. The largest absolute Gasteiger partial charge is 0.376 e. The summed E-state index contributed by atoms with van der Waals surface area (Å²) in [7, 11) is 0. The smallest absolute Gasteiger partial charge is 0.159 e. The predicted octanol–water partition coefficient (Wildman–Crippen LogP) is 3.41. The number of anilines is 1. The Morgan fingerprint density at radius 2 is 2.25 bits per heavy atom. The first kappa shape index (κ1) is 15.4. The lowest BCUT2D eigenvalue weighted by Crippen LogP contribution is -2.32. The average molecular weight is 344 g/mol. The molecule has 0 amide bonds. The molecule has 1 fully saturated rings. The zero-order valence-corrected chi connectivity index (χ0v) is 13.9. The van der Waals surface area contributed by atoms with Crippen LogP contribution in [0.4, 0.5) is 10.2 Å². The van der Waals surface area contributed by atoms with Gasteiger partial charge in [-0.05, 0) is 30.5 Å². The lowest BCUT2D eigenvalue weighted by atomic mass is 10.1. The van der Waals surface area contributed by atoms with Crippen molar-refractivity contribution in [2.24, 2.45) is 0 Å². The molecule has 0 radical (unpaired) electrons. The molecule has 24 heavy (non-hydrogen) atoms. The molecule has 0 spiro atoms. The van der Waals surface area contributed by atoms with Gasteiger partial charge in [0.25, 0.3) is 0 Å². The lowest BCUT2D eigenvalue weighted by molar-refractivity contribution is 0.115. The van der Waals surface area contributed by atoms with Crippen molar-refractivity contribution in [3.63, 3.8) is 0 Å². The molecular formula is C17H17FN4OS. The van der Waals surface area contributed by atoms with Crippen molar-refractivity contribution in [3.8, 4) is 0 Å². The molecule has 4 rings (SSSR count). The molecule has 3 aromatic rings. The molecule has 7 heteroatoms. The zero-order chi connectivity index (χ0) is 16.4. The topological polar surface area (TPSA) is 51.1 Å². The first-order valence-electron chi connectivity index (χ1n) is 7.95. The number of ether oxygens (including phenoxy) is 1. The minimum atomic E-state index is -0.231. The normalized spacial score (nSPS) is 17.5. The SMILES string of the molecule is Fc1cccc(CN(CC2CCCO2)c2ncnc3scnc23)c1. The Morgan fingerprint density at radius 1 is 1.29 bits per heavy atom. The molecule has 124 valence electrons. The third-order valence-electron chi connectivity index (χ3n) is 4.13. The van der Waals surface area contributed by atoms with E-state index in [-0.39, 0.29) is 11.9 Å². The van der Waals surface area contributed by atoms with Crippen molar-refractivity contribution in [2.75, 3.05) is 18.1 Å². The van der Waals surface area contributed by atoms with E-state index in [0.717, 1.165) is 41.2 Å². The van der Waals surface area contributed by atoms with Gasteiger partial charge >= 0.3 is 0 Å². The van der Waals surface area contributed by atoms with Crippen molar-refractivity contribution in [1.82, 2.24) is 15.0 Å². The van der Waals surface area contributed by atoms with E-state index in [2.05, 4.69) is 19.9 Å². The van der Waals surface area contributed by atoms with Crippen LogP contribution in [0.5, 0.6) is 0 Å². The van der Waals surface area contributed by atoms with Crippen LogP contribution in [0, 0.1) is 5.82 Å². The van der Waals surface area contributed by atoms with Crippen LogP contribution in [0.3, 0.4) is 0 Å². The summed E-state index contributed by atoms with van der Waals surface area (Å²) >= 11 is 1.49. The maximum absolute atomic E-state index is 13.5. The van der Waals surface area contributed by atoms with Crippen LogP contribution in [0.25, 0.3) is 10.3 Å². The number of thiazole rings is 1. The molecule has 3 heterocycles. The van der Waals surface area contributed by atoms with E-state index < -0.39 is 0 Å². The zero-order valence-electron chi connectivity index (χ0n) is 13.1. The molecule has 0 bridgehead atoms. The molecule has 1 aliphatic heterocycles. The summed E-state index contributed by atoms with van der Waals surface area (Å²) in [6, 6.07) is 6.66. The van der Waals surface area contributed by atoms with Gasteiger partial charge < -0.3 is 9.64 Å². The van der Waals surface area contributed by atoms with Gasteiger partial charge in [0.05, 0.1) is 11.6 Å². The fourth-order valence-electron chi connectivity index (χ4n) is 3.03. The van der Waals surface area contributed by atoms with Crippen LogP contribution in [-0.2, 0) is 11.3 Å². The monoisotopic (exact) mass is 344 g/mol. The molecule has 0 saturated carbocycles. The van der Waals surface area contributed by atoms with Crippen LogP contribution in [0.2, 0.25) is 0 Å². The van der Waals surface area contributed by atoms with Crippen molar-refractivity contribution in [2.45, 2.75) is 25.5 Å². The first-order valence-corrected chi connectivity index (χ1v) is 8.83. The van der Waals surface area contributed by atoms with E-state index in [9.17, 15) is 4.39 Å². The highest BCUT2D eigenvalue weighted by atomic mass is 32.1. The van der Waals surface area contributed by atoms with Gasteiger partial charge in [0, 0.05) is 19.7 Å². The van der Waals surface area contributed by atoms with E-state index in [1.54, 1.807) is 24.0 Å². The Kier molecular flexibility index (Phi) is 4.36. The summed E-state index contributed by atoms with van der Waals surface area (Å²) in [4.78, 5) is 16.1. The van der Waals surface area contributed by atoms with E-state index in [0.29, 0.717) is 13.1 Å². The minimum Gasteiger partial charge on any atom is -0.376 e. The van der Waals surface area contributed by atoms with E-state index in [1.165, 1.54) is 17.4 Å². The van der Waals surface area contributed by atoms with Gasteiger partial charge in [-0.1, -0.05) is 12.1 Å². The van der Waals surface area contributed by atoms with Crippen molar-refractivity contribution >= 4 is 27.5 Å². The van der Waals surface area contributed by atoms with Gasteiger partial charge in [0.2, 0.25) is 0 Å². The Hall–Kier alpha value is -2.12. The van der Waals surface area contributed by atoms with Crippen molar-refractivity contribution in [1.29, 1.82) is 0 Å². The number of halogens is 1. The predicted molar refractivity (Wildman–Crippen MR) is 91.6 cm³/mol. The number of nitrogens with zero attached hydrogens (tertiary/aromatic N) is 4. The summed E-state index contributed by atoms with van der Waals surface area (Å²) in [6.07, 6.45) is 3.84. The standard InChI is InChI=1S/C17H17FN4OS/c18-13-4-1-3-12(7-13)8-22(9-14-5-2-6-23-14)16-15-17(20-10-19-16)24-11-21-15/h1,3-4,7,10-11,14H,2,5-6,8-9H2. The number of hydrogen-bond donors (Lipinski definition) is 0. The third kappa shape index (κ3) is 3.22. The van der Waals surface area contributed by atoms with Crippen molar-refractivity contribution in [3.05, 3.63) is 47.5 Å². The quantitative estimate of drug-likeness (QED) is 0.710. The number of benzene rings is 1. The third-order valence-corrected chi connectivity index (χ3v) is 4.86.